The highest BCUT2D eigenvalue weighted by Gasteiger charge is 2.06. The molecule has 0 fully saturated rings. The zero-order chi connectivity index (χ0) is 13.5. The second kappa shape index (κ2) is 6.75. The van der Waals surface area contributed by atoms with Gasteiger partial charge in [-0.25, -0.2) is 0 Å². The quantitative estimate of drug-likeness (QED) is 0.687. The number of rotatable bonds is 5. The van der Waals surface area contributed by atoms with Gasteiger partial charge in [-0.05, 0) is 41.7 Å². The predicted octanol–water partition coefficient (Wildman–Crippen LogP) is 4.96. The topological polar surface area (TPSA) is 23.8 Å². The smallest absolute Gasteiger partial charge is 0.0991 e. The molecule has 2 rings (SSSR count). The highest BCUT2D eigenvalue weighted by molar-refractivity contribution is 5.68. The Hall–Kier alpha value is -2.07. The van der Waals surface area contributed by atoms with E-state index in [0.29, 0.717) is 0 Å². The molecule has 2 aromatic carbocycles. The van der Waals surface area contributed by atoms with Gasteiger partial charge in [0.25, 0.3) is 0 Å². The molecule has 0 spiro atoms. The van der Waals surface area contributed by atoms with Crippen LogP contribution < -0.4 is 0 Å². The summed E-state index contributed by atoms with van der Waals surface area (Å²) >= 11 is 0. The first kappa shape index (κ1) is 13.4. The van der Waals surface area contributed by atoms with Crippen molar-refractivity contribution in [2.24, 2.45) is 0 Å². The highest BCUT2D eigenvalue weighted by atomic mass is 14.2. The third-order valence-corrected chi connectivity index (χ3v) is 3.37. The van der Waals surface area contributed by atoms with Gasteiger partial charge < -0.3 is 0 Å². The third-order valence-electron chi connectivity index (χ3n) is 3.37. The fourth-order valence-electron chi connectivity index (χ4n) is 2.33. The molecule has 0 amide bonds. The minimum Gasteiger partial charge on any atom is -0.192 e. The maximum Gasteiger partial charge on any atom is 0.0991 e. The molecule has 19 heavy (non-hydrogen) atoms. The summed E-state index contributed by atoms with van der Waals surface area (Å²) in [7, 11) is 0. The molecule has 0 radical (unpaired) electrons. The van der Waals surface area contributed by atoms with Gasteiger partial charge in [-0.3, -0.25) is 0 Å². The van der Waals surface area contributed by atoms with E-state index in [-0.39, 0.29) is 0 Å². The van der Waals surface area contributed by atoms with Gasteiger partial charge in [0.05, 0.1) is 11.6 Å². The molecule has 0 aliphatic rings. The van der Waals surface area contributed by atoms with Crippen molar-refractivity contribution >= 4 is 0 Å². The summed E-state index contributed by atoms with van der Waals surface area (Å²) in [4.78, 5) is 0. The van der Waals surface area contributed by atoms with Gasteiger partial charge in [-0.15, -0.1) is 0 Å². The summed E-state index contributed by atoms with van der Waals surface area (Å²) < 4.78 is 0. The van der Waals surface area contributed by atoms with E-state index in [1.54, 1.807) is 0 Å². The van der Waals surface area contributed by atoms with Crippen molar-refractivity contribution in [3.8, 4) is 17.2 Å². The highest BCUT2D eigenvalue weighted by Crippen LogP contribution is 2.26. The molecule has 0 N–H and O–H groups in total. The predicted molar refractivity (Wildman–Crippen MR) is 79.8 cm³/mol. The molecule has 0 atom stereocenters. The molecular weight excluding hydrogens is 230 g/mol. The second-order valence-electron chi connectivity index (χ2n) is 4.81. The van der Waals surface area contributed by atoms with Gasteiger partial charge in [0.1, 0.15) is 0 Å². The van der Waals surface area contributed by atoms with Crippen LogP contribution >= 0.6 is 0 Å². The maximum atomic E-state index is 9.05. The molecule has 0 unspecified atom stereocenters. The van der Waals surface area contributed by atoms with Gasteiger partial charge in [0.15, 0.2) is 0 Å². The Morgan fingerprint density at radius 1 is 1.00 bits per heavy atom. The lowest BCUT2D eigenvalue weighted by atomic mass is 9.94. The summed E-state index contributed by atoms with van der Waals surface area (Å²) in [5.41, 5.74) is 4.54. The van der Waals surface area contributed by atoms with E-state index in [2.05, 4.69) is 43.3 Å². The molecule has 1 nitrogen and oxygen atoms in total. The van der Waals surface area contributed by atoms with Crippen LogP contribution in [0, 0.1) is 11.3 Å². The first-order valence-corrected chi connectivity index (χ1v) is 6.93. The van der Waals surface area contributed by atoms with Gasteiger partial charge in [0.2, 0.25) is 0 Å². The minimum absolute atomic E-state index is 0.756. The first-order valence-electron chi connectivity index (χ1n) is 6.93. The van der Waals surface area contributed by atoms with Crippen LogP contribution in [-0.2, 0) is 6.42 Å². The standard InChI is InChI=1S/C18H19N/c1-2-3-5-10-17-13-15(14-19)11-12-18(17)16-8-6-4-7-9-16/h4,6-9,11-13H,2-3,5,10H2,1H3. The summed E-state index contributed by atoms with van der Waals surface area (Å²) in [6.45, 7) is 2.21. The average molecular weight is 249 g/mol. The number of nitriles is 1. The third kappa shape index (κ3) is 3.45. The van der Waals surface area contributed by atoms with Crippen molar-refractivity contribution < 1.29 is 0 Å². The van der Waals surface area contributed by atoms with Crippen LogP contribution in [0.15, 0.2) is 48.5 Å². The van der Waals surface area contributed by atoms with E-state index in [1.165, 1.54) is 36.0 Å². The second-order valence-corrected chi connectivity index (χ2v) is 4.81. The monoisotopic (exact) mass is 249 g/mol. The Morgan fingerprint density at radius 3 is 2.47 bits per heavy atom. The van der Waals surface area contributed by atoms with Crippen LogP contribution in [0.4, 0.5) is 0 Å². The fourth-order valence-corrected chi connectivity index (χ4v) is 2.33. The molecule has 1 heteroatoms. The van der Waals surface area contributed by atoms with Crippen LogP contribution in [-0.4, -0.2) is 0 Å². The molecule has 0 saturated carbocycles. The van der Waals surface area contributed by atoms with Crippen LogP contribution in [0.2, 0.25) is 0 Å². The van der Waals surface area contributed by atoms with Crippen LogP contribution in [0.5, 0.6) is 0 Å². The van der Waals surface area contributed by atoms with E-state index in [0.717, 1.165) is 12.0 Å². The zero-order valence-electron chi connectivity index (χ0n) is 11.4. The molecule has 96 valence electrons. The van der Waals surface area contributed by atoms with Crippen LogP contribution in [0.25, 0.3) is 11.1 Å². The van der Waals surface area contributed by atoms with Crippen LogP contribution in [0.1, 0.15) is 37.3 Å². The Morgan fingerprint density at radius 2 is 1.79 bits per heavy atom. The fraction of sp³-hybridized carbons (Fsp3) is 0.278. The lowest BCUT2D eigenvalue weighted by Gasteiger charge is -2.10. The number of aryl methyl sites for hydroxylation is 1. The number of benzene rings is 2. The average Bonchev–Trinajstić information content (AvgIpc) is 2.48. The minimum atomic E-state index is 0.756. The van der Waals surface area contributed by atoms with Crippen LogP contribution in [0.3, 0.4) is 0 Å². The Bertz CT molecular complexity index is 564. The van der Waals surface area contributed by atoms with Gasteiger partial charge >= 0.3 is 0 Å². The van der Waals surface area contributed by atoms with Crippen molar-refractivity contribution in [1.29, 1.82) is 5.26 Å². The number of hydrogen-bond donors (Lipinski definition) is 0. The normalized spacial score (nSPS) is 10.1. The largest absolute Gasteiger partial charge is 0.192 e. The summed E-state index contributed by atoms with van der Waals surface area (Å²) in [6.07, 6.45) is 4.70. The lowest BCUT2D eigenvalue weighted by molar-refractivity contribution is 0.718. The lowest BCUT2D eigenvalue weighted by Crippen LogP contribution is -1.92. The molecule has 0 aliphatic carbocycles. The van der Waals surface area contributed by atoms with E-state index in [4.69, 9.17) is 5.26 Å². The van der Waals surface area contributed by atoms with E-state index < -0.39 is 0 Å². The number of nitrogens with zero attached hydrogens (tertiary/aromatic N) is 1. The zero-order valence-corrected chi connectivity index (χ0v) is 11.4. The SMILES string of the molecule is CCCCCc1cc(C#N)ccc1-c1ccccc1. The van der Waals surface area contributed by atoms with E-state index >= 15 is 0 Å². The van der Waals surface area contributed by atoms with E-state index in [9.17, 15) is 0 Å². The number of unbranched alkanes of at least 4 members (excludes halogenated alkanes) is 2. The Kier molecular flexibility index (Phi) is 4.75. The molecule has 0 aliphatic heterocycles. The molecule has 0 saturated heterocycles. The summed E-state index contributed by atoms with van der Waals surface area (Å²) in [5, 5.41) is 9.05. The Labute approximate surface area is 115 Å². The molecule has 0 aromatic heterocycles. The van der Waals surface area contributed by atoms with E-state index in [1.807, 2.05) is 18.2 Å². The van der Waals surface area contributed by atoms with Gasteiger partial charge in [0, 0.05) is 0 Å². The summed E-state index contributed by atoms with van der Waals surface area (Å²) in [6, 6.07) is 18.7. The Balaban J connectivity index is 2.34. The molecule has 0 bridgehead atoms. The first-order chi connectivity index (χ1) is 9.35. The maximum absolute atomic E-state index is 9.05. The summed E-state index contributed by atoms with van der Waals surface area (Å²) in [5.74, 6) is 0. The van der Waals surface area contributed by atoms with Gasteiger partial charge in [-0.2, -0.15) is 5.26 Å². The molecular formula is C18H19N. The van der Waals surface area contributed by atoms with Gasteiger partial charge in [-0.1, -0.05) is 56.2 Å². The molecule has 2 aromatic rings. The van der Waals surface area contributed by atoms with Crippen molar-refractivity contribution in [1.82, 2.24) is 0 Å². The van der Waals surface area contributed by atoms with Crippen molar-refractivity contribution in [2.75, 3.05) is 0 Å². The number of hydrogen-bond acceptors (Lipinski definition) is 1. The molecule has 0 heterocycles. The van der Waals surface area contributed by atoms with Crippen molar-refractivity contribution in [2.45, 2.75) is 32.6 Å². The van der Waals surface area contributed by atoms with Crippen molar-refractivity contribution in [3.63, 3.8) is 0 Å². The van der Waals surface area contributed by atoms with Crippen molar-refractivity contribution in [3.05, 3.63) is 59.7 Å².